The van der Waals surface area contributed by atoms with E-state index in [0.717, 1.165) is 0 Å². The van der Waals surface area contributed by atoms with Crippen molar-refractivity contribution in [3.8, 4) is 0 Å². The number of ether oxygens (including phenoxy) is 1. The van der Waals surface area contributed by atoms with Crippen molar-refractivity contribution in [2.24, 2.45) is 12.8 Å². The zero-order chi connectivity index (χ0) is 13.2. The summed E-state index contributed by atoms with van der Waals surface area (Å²) >= 11 is 0. The van der Waals surface area contributed by atoms with Crippen LogP contribution in [-0.4, -0.2) is 43.3 Å². The highest BCUT2D eigenvalue weighted by Gasteiger charge is 2.36. The molecule has 0 radical (unpaired) electrons. The van der Waals surface area contributed by atoms with Gasteiger partial charge < -0.3 is 15.0 Å². The second-order valence-corrected chi connectivity index (χ2v) is 6.21. The summed E-state index contributed by atoms with van der Waals surface area (Å²) in [7, 11) is -1.91. The van der Waals surface area contributed by atoms with E-state index in [1.165, 1.54) is 12.5 Å². The van der Waals surface area contributed by atoms with Gasteiger partial charge in [-0.2, -0.15) is 0 Å². The van der Waals surface area contributed by atoms with Crippen LogP contribution >= 0.6 is 0 Å². The van der Waals surface area contributed by atoms with Gasteiger partial charge in [-0.1, -0.05) is 0 Å². The van der Waals surface area contributed by atoms with Gasteiger partial charge in [-0.25, -0.2) is 18.1 Å². The Morgan fingerprint density at radius 3 is 2.72 bits per heavy atom. The summed E-state index contributed by atoms with van der Waals surface area (Å²) in [6, 6.07) is 0. The fourth-order valence-corrected chi connectivity index (χ4v) is 3.43. The Balaban J connectivity index is 2.21. The maximum absolute atomic E-state index is 12.2. The number of sulfonamides is 1. The lowest BCUT2D eigenvalue weighted by atomic mass is 9.92. The van der Waals surface area contributed by atoms with E-state index >= 15 is 0 Å². The molecule has 0 spiro atoms. The molecule has 1 aliphatic heterocycles. The number of rotatable bonds is 4. The molecule has 3 N–H and O–H groups in total. The number of hydrogen-bond acceptors (Lipinski definition) is 5. The second kappa shape index (κ2) is 4.96. The van der Waals surface area contributed by atoms with Crippen molar-refractivity contribution < 1.29 is 13.2 Å². The number of aromatic nitrogens is 2. The highest BCUT2D eigenvalue weighted by atomic mass is 32.2. The number of hydrogen-bond donors (Lipinski definition) is 2. The minimum Gasteiger partial charge on any atom is -0.381 e. The molecule has 0 atom stereocenters. The molecular weight excluding hydrogens is 256 g/mol. The van der Waals surface area contributed by atoms with Crippen LogP contribution in [0.1, 0.15) is 12.8 Å². The summed E-state index contributed by atoms with van der Waals surface area (Å²) in [5.41, 5.74) is 5.10. The molecule has 102 valence electrons. The van der Waals surface area contributed by atoms with Crippen molar-refractivity contribution in [3.05, 3.63) is 12.5 Å². The fraction of sp³-hybridized carbons (Fsp3) is 0.700. The zero-order valence-corrected chi connectivity index (χ0v) is 11.1. The van der Waals surface area contributed by atoms with Crippen LogP contribution in [0.15, 0.2) is 17.6 Å². The van der Waals surface area contributed by atoms with Gasteiger partial charge in [0.05, 0.1) is 6.33 Å². The number of aryl methyl sites for hydroxylation is 1. The predicted molar refractivity (Wildman–Crippen MR) is 65.4 cm³/mol. The average molecular weight is 274 g/mol. The van der Waals surface area contributed by atoms with Crippen LogP contribution in [0.25, 0.3) is 0 Å². The molecule has 1 saturated heterocycles. The first-order valence-corrected chi connectivity index (χ1v) is 7.26. The van der Waals surface area contributed by atoms with Gasteiger partial charge in [-0.3, -0.25) is 0 Å². The van der Waals surface area contributed by atoms with Crippen LogP contribution in [0, 0.1) is 0 Å². The maximum Gasteiger partial charge on any atom is 0.260 e. The molecular formula is C10H18N4O3S. The number of nitrogens with one attached hydrogen (secondary N) is 1. The molecule has 0 amide bonds. The summed E-state index contributed by atoms with van der Waals surface area (Å²) < 4.78 is 33.9. The van der Waals surface area contributed by atoms with Gasteiger partial charge in [-0.15, -0.1) is 0 Å². The molecule has 0 aromatic carbocycles. The Kier molecular flexibility index (Phi) is 3.71. The molecule has 1 aromatic rings. The lowest BCUT2D eigenvalue weighted by molar-refractivity contribution is 0.0501. The quantitative estimate of drug-likeness (QED) is 0.749. The molecule has 8 heteroatoms. The van der Waals surface area contributed by atoms with E-state index in [9.17, 15) is 8.42 Å². The van der Waals surface area contributed by atoms with Crippen LogP contribution in [0.2, 0.25) is 0 Å². The Hall–Kier alpha value is -0.960. The van der Waals surface area contributed by atoms with Gasteiger partial charge in [-0.05, 0) is 12.8 Å². The van der Waals surface area contributed by atoms with Crippen molar-refractivity contribution in [2.45, 2.75) is 23.4 Å². The van der Waals surface area contributed by atoms with Gasteiger partial charge in [0.15, 0.2) is 5.03 Å². The molecule has 0 saturated carbocycles. The Labute approximate surface area is 106 Å². The number of nitrogens with two attached hydrogens (primary N) is 1. The summed E-state index contributed by atoms with van der Waals surface area (Å²) in [5.74, 6) is 0. The van der Waals surface area contributed by atoms with E-state index in [0.29, 0.717) is 26.1 Å². The van der Waals surface area contributed by atoms with Crippen LogP contribution in [0.3, 0.4) is 0 Å². The molecule has 1 aromatic heterocycles. The van der Waals surface area contributed by atoms with E-state index in [1.807, 2.05) is 0 Å². The predicted octanol–water partition coefficient (Wildman–Crippen LogP) is -0.794. The summed E-state index contributed by atoms with van der Waals surface area (Å²) in [4.78, 5) is 3.86. The molecule has 18 heavy (non-hydrogen) atoms. The van der Waals surface area contributed by atoms with Crippen LogP contribution in [-0.2, 0) is 21.8 Å². The van der Waals surface area contributed by atoms with Gasteiger partial charge in [0.2, 0.25) is 0 Å². The normalized spacial score (nSPS) is 19.9. The average Bonchev–Trinajstić information content (AvgIpc) is 2.77. The molecule has 1 fully saturated rings. The van der Waals surface area contributed by atoms with Crippen molar-refractivity contribution >= 4 is 10.0 Å². The third-order valence-corrected chi connectivity index (χ3v) is 4.61. The fourth-order valence-electron chi connectivity index (χ4n) is 1.97. The topological polar surface area (TPSA) is 99.2 Å². The lowest BCUT2D eigenvalue weighted by Crippen LogP contribution is -2.56. The second-order valence-electron chi connectivity index (χ2n) is 4.58. The first kappa shape index (κ1) is 13.5. The van der Waals surface area contributed by atoms with E-state index in [4.69, 9.17) is 10.5 Å². The summed E-state index contributed by atoms with van der Waals surface area (Å²) in [6.07, 6.45) is 4.07. The minimum absolute atomic E-state index is 0.0179. The molecule has 0 bridgehead atoms. The zero-order valence-electron chi connectivity index (χ0n) is 10.3. The Morgan fingerprint density at radius 2 is 2.22 bits per heavy atom. The third-order valence-electron chi connectivity index (χ3n) is 3.15. The molecule has 2 rings (SSSR count). The van der Waals surface area contributed by atoms with Crippen LogP contribution < -0.4 is 10.5 Å². The van der Waals surface area contributed by atoms with E-state index < -0.39 is 15.6 Å². The largest absolute Gasteiger partial charge is 0.381 e. The van der Waals surface area contributed by atoms with Gasteiger partial charge in [0.25, 0.3) is 10.0 Å². The van der Waals surface area contributed by atoms with Gasteiger partial charge >= 0.3 is 0 Å². The first-order valence-electron chi connectivity index (χ1n) is 5.77. The van der Waals surface area contributed by atoms with Crippen LogP contribution in [0.5, 0.6) is 0 Å². The van der Waals surface area contributed by atoms with Crippen molar-refractivity contribution in [3.63, 3.8) is 0 Å². The smallest absolute Gasteiger partial charge is 0.260 e. The van der Waals surface area contributed by atoms with Crippen molar-refractivity contribution in [1.29, 1.82) is 0 Å². The van der Waals surface area contributed by atoms with Gasteiger partial charge in [0.1, 0.15) is 0 Å². The molecule has 2 heterocycles. The van der Waals surface area contributed by atoms with E-state index in [2.05, 4.69) is 9.71 Å². The molecule has 0 aliphatic carbocycles. The SMILES string of the molecule is Cn1cnc(S(=O)(=O)NC2(CN)CCOCC2)c1. The standard InChI is InChI=1S/C10H18N4O3S/c1-14-6-9(12-8-14)18(15,16)13-10(7-11)2-4-17-5-3-10/h6,8,13H,2-5,7,11H2,1H3. The third kappa shape index (κ3) is 2.72. The summed E-state index contributed by atoms with van der Waals surface area (Å²) in [6.45, 7) is 1.28. The number of imidazole rings is 1. The minimum atomic E-state index is -3.63. The van der Waals surface area contributed by atoms with Crippen molar-refractivity contribution in [1.82, 2.24) is 14.3 Å². The highest BCUT2D eigenvalue weighted by Crippen LogP contribution is 2.22. The Morgan fingerprint density at radius 1 is 1.56 bits per heavy atom. The highest BCUT2D eigenvalue weighted by molar-refractivity contribution is 7.89. The summed E-state index contributed by atoms with van der Waals surface area (Å²) in [5, 5.41) is 0.0179. The van der Waals surface area contributed by atoms with E-state index in [-0.39, 0.29) is 11.6 Å². The number of nitrogens with zero attached hydrogens (tertiary/aromatic N) is 2. The van der Waals surface area contributed by atoms with Crippen LogP contribution in [0.4, 0.5) is 0 Å². The van der Waals surface area contributed by atoms with Crippen molar-refractivity contribution in [2.75, 3.05) is 19.8 Å². The van der Waals surface area contributed by atoms with E-state index in [1.54, 1.807) is 11.6 Å². The maximum atomic E-state index is 12.2. The molecule has 0 unspecified atom stereocenters. The Bertz CT molecular complexity index is 505. The molecule has 1 aliphatic rings. The molecule has 7 nitrogen and oxygen atoms in total. The first-order chi connectivity index (χ1) is 8.47. The monoisotopic (exact) mass is 274 g/mol. The van der Waals surface area contributed by atoms with Gasteiger partial charge in [0, 0.05) is 38.5 Å². The lowest BCUT2D eigenvalue weighted by Gasteiger charge is -2.36.